The molecule has 3 aromatic rings. The van der Waals surface area contributed by atoms with Crippen molar-refractivity contribution < 1.29 is 17.9 Å². The summed E-state index contributed by atoms with van der Waals surface area (Å²) in [7, 11) is 0. The van der Waals surface area contributed by atoms with Crippen LogP contribution in [-0.2, 0) is 12.7 Å². The Kier molecular flexibility index (Phi) is 6.70. The van der Waals surface area contributed by atoms with E-state index >= 15 is 0 Å². The van der Waals surface area contributed by atoms with Crippen molar-refractivity contribution in [2.45, 2.75) is 38.7 Å². The molecule has 2 heterocycles. The Labute approximate surface area is 198 Å². The van der Waals surface area contributed by atoms with Gasteiger partial charge in [0.05, 0.1) is 11.3 Å². The summed E-state index contributed by atoms with van der Waals surface area (Å²) in [5.74, 6) is 0.937. The van der Waals surface area contributed by atoms with Gasteiger partial charge in [-0.15, -0.1) is 0 Å². The molecule has 8 nitrogen and oxygen atoms in total. The smallest absolute Gasteiger partial charge is 0.316 e. The van der Waals surface area contributed by atoms with Crippen LogP contribution in [0.3, 0.4) is 0 Å². The van der Waals surface area contributed by atoms with Crippen LogP contribution in [0, 0.1) is 18.4 Å². The van der Waals surface area contributed by atoms with Crippen LogP contribution in [-0.4, -0.2) is 32.5 Å². The van der Waals surface area contributed by atoms with Gasteiger partial charge in [-0.25, -0.2) is 4.99 Å². The quantitative estimate of drug-likeness (QED) is 0.197. The van der Waals surface area contributed by atoms with Gasteiger partial charge in [0.1, 0.15) is 11.6 Å². The largest absolute Gasteiger partial charge is 0.416 e. The number of hydrogen-bond acceptors (Lipinski definition) is 4. The van der Waals surface area contributed by atoms with Crippen molar-refractivity contribution in [2.75, 3.05) is 6.54 Å². The second-order valence-corrected chi connectivity index (χ2v) is 8.21. The van der Waals surface area contributed by atoms with Crippen molar-refractivity contribution in [2.24, 2.45) is 4.99 Å². The molecule has 0 spiro atoms. The number of guanidine groups is 1. The lowest BCUT2D eigenvalue weighted by atomic mass is 10.2. The summed E-state index contributed by atoms with van der Waals surface area (Å²) < 4.78 is 40.6. The normalized spacial score (nSPS) is 16.5. The number of nitriles is 1. The van der Waals surface area contributed by atoms with Crippen molar-refractivity contribution in [3.8, 4) is 6.19 Å². The van der Waals surface area contributed by atoms with E-state index in [0.29, 0.717) is 29.6 Å². The average molecular weight is 490 g/mol. The fourth-order valence-electron chi connectivity index (χ4n) is 3.83. The first-order valence-electron chi connectivity index (χ1n) is 10.5. The number of likely N-dealkylation sites (tertiary alicyclic amines) is 1. The molecule has 0 unspecified atom stereocenters. The average Bonchev–Trinajstić information content (AvgIpc) is 3.42. The standard InChI is InChI=1S/C22H21ClF3N8/c1-15-30-31-34(33(15)13-16-4-8-18(23)9-5-16)20-3-2-12-32(20)21(28-14-27)29-19-10-6-17(7-11-19)22(24,25)26/h4-11,20H,2-3,12-13H2,1H3,(H,28,29)/q+1/t20-/m0/s1. The molecule has 1 atom stereocenters. The second kappa shape index (κ2) is 9.69. The van der Waals surface area contributed by atoms with Crippen molar-refractivity contribution in [3.63, 3.8) is 0 Å². The number of aliphatic imine (C=N–C) groups is 1. The summed E-state index contributed by atoms with van der Waals surface area (Å²) in [5, 5.41) is 21.1. The number of alkyl halides is 3. The molecule has 1 N–H and O–H groups in total. The lowest BCUT2D eigenvalue weighted by molar-refractivity contribution is -0.782. The highest BCUT2D eigenvalue weighted by Gasteiger charge is 2.36. The third-order valence-corrected chi connectivity index (χ3v) is 5.76. The lowest BCUT2D eigenvalue weighted by Crippen LogP contribution is -2.52. The topological polar surface area (TPSA) is 86.0 Å². The predicted octanol–water partition coefficient (Wildman–Crippen LogP) is 3.95. The van der Waals surface area contributed by atoms with Crippen LogP contribution in [0.1, 0.15) is 36.0 Å². The fourth-order valence-corrected chi connectivity index (χ4v) is 3.95. The van der Waals surface area contributed by atoms with Crippen LogP contribution >= 0.6 is 11.6 Å². The highest BCUT2D eigenvalue weighted by atomic mass is 35.5. The zero-order valence-corrected chi connectivity index (χ0v) is 18.9. The summed E-state index contributed by atoms with van der Waals surface area (Å²) in [6, 6.07) is 11.9. The molecule has 4 rings (SSSR count). The zero-order chi connectivity index (χ0) is 24.3. The maximum absolute atomic E-state index is 12.9. The van der Waals surface area contributed by atoms with E-state index in [1.54, 1.807) is 4.80 Å². The number of hydrogen-bond donors (Lipinski definition) is 1. The van der Waals surface area contributed by atoms with Crippen LogP contribution in [0.2, 0.25) is 5.02 Å². The molecule has 0 bridgehead atoms. The number of halogens is 4. The summed E-state index contributed by atoms with van der Waals surface area (Å²) in [4.78, 5) is 8.03. The lowest BCUT2D eigenvalue weighted by Gasteiger charge is -2.25. The molecule has 1 aliphatic rings. The fraction of sp³-hybridized carbons (Fsp3) is 0.318. The Morgan fingerprint density at radius 3 is 2.59 bits per heavy atom. The van der Waals surface area contributed by atoms with E-state index in [1.807, 2.05) is 47.0 Å². The first-order valence-corrected chi connectivity index (χ1v) is 10.9. The van der Waals surface area contributed by atoms with Gasteiger partial charge in [-0.3, -0.25) is 5.32 Å². The summed E-state index contributed by atoms with van der Waals surface area (Å²) in [6.07, 6.45) is -1.32. The number of aromatic nitrogens is 4. The molecule has 1 saturated heterocycles. The minimum absolute atomic E-state index is 0.232. The molecule has 12 heteroatoms. The number of nitrogens with one attached hydrogen (secondary N) is 1. The summed E-state index contributed by atoms with van der Waals surface area (Å²) >= 11 is 6.00. The van der Waals surface area contributed by atoms with E-state index in [1.165, 1.54) is 12.1 Å². The molecule has 34 heavy (non-hydrogen) atoms. The number of nitrogens with zero attached hydrogens (tertiary/aromatic N) is 7. The van der Waals surface area contributed by atoms with Gasteiger partial charge in [-0.05, 0) is 59.6 Å². The van der Waals surface area contributed by atoms with Crippen molar-refractivity contribution >= 4 is 23.2 Å². The van der Waals surface area contributed by atoms with E-state index in [0.717, 1.165) is 30.5 Å². The second-order valence-electron chi connectivity index (χ2n) is 7.77. The highest BCUT2D eigenvalue weighted by Crippen LogP contribution is 2.31. The molecule has 0 saturated carbocycles. The monoisotopic (exact) mass is 489 g/mol. The van der Waals surface area contributed by atoms with Gasteiger partial charge < -0.3 is 4.90 Å². The Balaban J connectivity index is 1.63. The Morgan fingerprint density at radius 2 is 1.94 bits per heavy atom. The van der Waals surface area contributed by atoms with Gasteiger partial charge >= 0.3 is 6.18 Å². The van der Waals surface area contributed by atoms with Crippen molar-refractivity contribution in [1.82, 2.24) is 25.3 Å². The van der Waals surface area contributed by atoms with Gasteiger partial charge in [-0.2, -0.15) is 23.1 Å². The molecular formula is C22H21ClF3N8+. The number of benzene rings is 2. The van der Waals surface area contributed by atoms with Gasteiger partial charge in [0.2, 0.25) is 5.96 Å². The minimum Gasteiger partial charge on any atom is -0.316 e. The predicted molar refractivity (Wildman–Crippen MR) is 118 cm³/mol. The van der Waals surface area contributed by atoms with E-state index in [-0.39, 0.29) is 12.1 Å². The summed E-state index contributed by atoms with van der Waals surface area (Å²) in [6.45, 7) is 2.94. The Morgan fingerprint density at radius 1 is 1.24 bits per heavy atom. The summed E-state index contributed by atoms with van der Waals surface area (Å²) in [5.41, 5.74) is 0.543. The van der Waals surface area contributed by atoms with Crippen molar-refractivity contribution in [3.05, 3.63) is 70.5 Å². The molecule has 176 valence electrons. The van der Waals surface area contributed by atoms with E-state index < -0.39 is 11.7 Å². The molecule has 2 aromatic carbocycles. The van der Waals surface area contributed by atoms with E-state index in [9.17, 15) is 18.4 Å². The van der Waals surface area contributed by atoms with Crippen LogP contribution < -0.4 is 10.00 Å². The molecule has 1 aliphatic heterocycles. The molecule has 1 fully saturated rings. The molecule has 0 amide bonds. The third-order valence-electron chi connectivity index (χ3n) is 5.50. The third kappa shape index (κ3) is 5.12. The maximum atomic E-state index is 12.9. The van der Waals surface area contributed by atoms with Gasteiger partial charge in [-0.1, -0.05) is 23.7 Å². The maximum Gasteiger partial charge on any atom is 0.416 e. The van der Waals surface area contributed by atoms with Gasteiger partial charge in [0.25, 0.3) is 5.82 Å². The molecular weight excluding hydrogens is 469 g/mol. The minimum atomic E-state index is -4.43. The Hall–Kier alpha value is -3.65. The first kappa shape index (κ1) is 23.5. The van der Waals surface area contributed by atoms with E-state index in [2.05, 4.69) is 20.6 Å². The first-order chi connectivity index (χ1) is 16.3. The van der Waals surface area contributed by atoms with Crippen LogP contribution in [0.25, 0.3) is 0 Å². The van der Waals surface area contributed by atoms with Crippen molar-refractivity contribution in [1.29, 1.82) is 5.26 Å². The zero-order valence-electron chi connectivity index (χ0n) is 18.2. The number of rotatable bonds is 4. The highest BCUT2D eigenvalue weighted by molar-refractivity contribution is 6.30. The van der Waals surface area contributed by atoms with E-state index in [4.69, 9.17) is 11.6 Å². The molecule has 1 aromatic heterocycles. The van der Waals surface area contributed by atoms with Gasteiger partial charge in [0, 0.05) is 18.5 Å². The van der Waals surface area contributed by atoms with Gasteiger partial charge in [0.15, 0.2) is 17.6 Å². The number of tetrazole rings is 1. The molecule has 0 radical (unpaired) electrons. The number of aryl methyl sites for hydroxylation is 1. The molecule has 0 aliphatic carbocycles. The van der Waals surface area contributed by atoms with Crippen LogP contribution in [0.5, 0.6) is 0 Å². The van der Waals surface area contributed by atoms with Crippen LogP contribution in [0.15, 0.2) is 53.5 Å². The SMILES string of the molecule is Cc1nnn([C@H]2CCCN2C(=Nc2ccc(C(F)(F)F)cc2)NC#N)[n+]1Cc1ccc(Cl)cc1. The van der Waals surface area contributed by atoms with Crippen LogP contribution in [0.4, 0.5) is 18.9 Å². The Bertz CT molecular complexity index is 1210.